The molecule has 7 nitrogen and oxygen atoms in total. The third kappa shape index (κ3) is 5.19. The fourth-order valence-electron chi connectivity index (χ4n) is 2.98. The second-order valence-corrected chi connectivity index (χ2v) is 6.72. The molecule has 0 fully saturated rings. The van der Waals surface area contributed by atoms with E-state index < -0.39 is 0 Å². The summed E-state index contributed by atoms with van der Waals surface area (Å²) in [5.74, 6) is 0.909. The number of methoxy groups -OCH3 is 3. The molecule has 156 valence electrons. The van der Waals surface area contributed by atoms with Crippen LogP contribution in [0.3, 0.4) is 0 Å². The molecule has 7 heteroatoms. The van der Waals surface area contributed by atoms with Gasteiger partial charge in [0.1, 0.15) is 0 Å². The highest BCUT2D eigenvalue weighted by molar-refractivity contribution is 5.95. The van der Waals surface area contributed by atoms with E-state index in [1.165, 1.54) is 26.2 Å². The van der Waals surface area contributed by atoms with Gasteiger partial charge in [-0.3, -0.25) is 9.59 Å². The Hall–Kier alpha value is -3.22. The lowest BCUT2D eigenvalue weighted by molar-refractivity contribution is -0.132. The molecule has 0 spiro atoms. The first-order valence-corrected chi connectivity index (χ1v) is 9.20. The van der Waals surface area contributed by atoms with E-state index in [0.29, 0.717) is 22.8 Å². The Morgan fingerprint density at radius 3 is 2.28 bits per heavy atom. The van der Waals surface area contributed by atoms with Crippen molar-refractivity contribution in [3.8, 4) is 17.2 Å². The Kier molecular flexibility index (Phi) is 7.47. The topological polar surface area (TPSA) is 77.1 Å². The summed E-state index contributed by atoms with van der Waals surface area (Å²) in [6.07, 6.45) is 0.0663. The van der Waals surface area contributed by atoms with Crippen LogP contribution >= 0.6 is 0 Å². The maximum atomic E-state index is 12.7. The molecule has 0 aromatic heterocycles. The lowest BCUT2D eigenvalue weighted by Gasteiger charge is -2.19. The smallest absolute Gasteiger partial charge is 0.243 e. The molecule has 0 aliphatic rings. The fraction of sp³-hybridized carbons (Fsp3) is 0.364. The number of nitrogens with zero attached hydrogens (tertiary/aromatic N) is 1. The van der Waals surface area contributed by atoms with E-state index in [0.717, 1.165) is 16.8 Å². The Morgan fingerprint density at radius 2 is 1.66 bits per heavy atom. The minimum Gasteiger partial charge on any atom is -0.493 e. The minimum atomic E-state index is -0.256. The molecule has 2 aromatic carbocycles. The van der Waals surface area contributed by atoms with E-state index in [2.05, 4.69) is 5.32 Å². The highest BCUT2D eigenvalue weighted by Crippen LogP contribution is 2.40. The number of likely N-dealkylation sites (N-methyl/N-ethyl adjacent to an activating group) is 1. The highest BCUT2D eigenvalue weighted by atomic mass is 16.5. The molecule has 0 aliphatic heterocycles. The number of nitrogens with one attached hydrogen (secondary N) is 1. The minimum absolute atomic E-state index is 0.0537. The molecule has 0 atom stereocenters. The normalized spacial score (nSPS) is 10.3. The summed E-state index contributed by atoms with van der Waals surface area (Å²) < 4.78 is 16.0. The quantitative estimate of drug-likeness (QED) is 0.737. The first-order valence-electron chi connectivity index (χ1n) is 9.20. The number of hydrogen-bond acceptors (Lipinski definition) is 5. The number of anilines is 1. The van der Waals surface area contributed by atoms with E-state index in [1.807, 2.05) is 32.0 Å². The summed E-state index contributed by atoms with van der Waals surface area (Å²) >= 11 is 0. The zero-order valence-corrected chi connectivity index (χ0v) is 17.8. The third-order valence-electron chi connectivity index (χ3n) is 4.81. The van der Waals surface area contributed by atoms with Crippen LogP contribution in [0.2, 0.25) is 0 Å². The molecular formula is C22H28N2O5. The van der Waals surface area contributed by atoms with Gasteiger partial charge < -0.3 is 24.4 Å². The van der Waals surface area contributed by atoms with Crippen LogP contribution in [-0.4, -0.2) is 51.6 Å². The van der Waals surface area contributed by atoms with Crippen LogP contribution in [0, 0.1) is 13.8 Å². The van der Waals surface area contributed by atoms with Crippen LogP contribution < -0.4 is 19.5 Å². The molecule has 0 aliphatic carbocycles. The molecule has 2 rings (SSSR count). The summed E-state index contributed by atoms with van der Waals surface area (Å²) in [5, 5.41) is 2.86. The first-order chi connectivity index (χ1) is 13.8. The summed E-state index contributed by atoms with van der Waals surface area (Å²) in [5.41, 5.74) is 3.49. The van der Waals surface area contributed by atoms with Crippen molar-refractivity contribution >= 4 is 17.5 Å². The van der Waals surface area contributed by atoms with Gasteiger partial charge in [-0.15, -0.1) is 0 Å². The zero-order chi connectivity index (χ0) is 21.6. The van der Waals surface area contributed by atoms with Crippen molar-refractivity contribution < 1.29 is 23.8 Å². The van der Waals surface area contributed by atoms with Gasteiger partial charge in [-0.25, -0.2) is 0 Å². The maximum Gasteiger partial charge on any atom is 0.243 e. The number of carbonyl (C=O) groups excluding carboxylic acids is 2. The largest absolute Gasteiger partial charge is 0.493 e. The van der Waals surface area contributed by atoms with Gasteiger partial charge in [0.15, 0.2) is 11.5 Å². The Labute approximate surface area is 171 Å². The molecule has 0 heterocycles. The van der Waals surface area contributed by atoms with E-state index in [-0.39, 0.29) is 24.8 Å². The summed E-state index contributed by atoms with van der Waals surface area (Å²) in [6, 6.07) is 9.18. The molecule has 29 heavy (non-hydrogen) atoms. The number of hydrogen-bond donors (Lipinski definition) is 1. The van der Waals surface area contributed by atoms with Gasteiger partial charge >= 0.3 is 0 Å². The molecule has 0 saturated carbocycles. The van der Waals surface area contributed by atoms with Gasteiger partial charge in [0, 0.05) is 18.3 Å². The van der Waals surface area contributed by atoms with Crippen LogP contribution in [0.4, 0.5) is 5.69 Å². The first kappa shape index (κ1) is 22.1. The fourth-order valence-corrected chi connectivity index (χ4v) is 2.98. The van der Waals surface area contributed by atoms with Crippen molar-refractivity contribution in [3.05, 3.63) is 47.0 Å². The SMILES string of the molecule is COc1ccc(CC(=O)N(C)CC(=O)Nc2cccc(C)c2C)c(OC)c1OC. The van der Waals surface area contributed by atoms with Crippen molar-refractivity contribution in [2.75, 3.05) is 40.2 Å². The van der Waals surface area contributed by atoms with Crippen molar-refractivity contribution in [2.45, 2.75) is 20.3 Å². The molecule has 0 radical (unpaired) electrons. The number of amides is 2. The molecule has 0 saturated heterocycles. The van der Waals surface area contributed by atoms with Gasteiger partial charge in [0.2, 0.25) is 17.6 Å². The standard InChI is InChI=1S/C22H28N2O5/c1-14-8-7-9-17(15(14)2)23-19(25)13-24(3)20(26)12-16-10-11-18(27-4)22(29-6)21(16)28-5/h7-11H,12-13H2,1-6H3,(H,23,25). The number of ether oxygens (including phenoxy) is 3. The lowest BCUT2D eigenvalue weighted by Crippen LogP contribution is -2.36. The predicted molar refractivity (Wildman–Crippen MR) is 112 cm³/mol. The summed E-state index contributed by atoms with van der Waals surface area (Å²) in [7, 11) is 6.14. The molecule has 2 aromatic rings. The number of aryl methyl sites for hydroxylation is 1. The van der Waals surface area contributed by atoms with Crippen molar-refractivity contribution in [2.24, 2.45) is 0 Å². The Balaban J connectivity index is 2.07. The average molecular weight is 400 g/mol. The third-order valence-corrected chi connectivity index (χ3v) is 4.81. The van der Waals surface area contributed by atoms with Gasteiger partial charge in [-0.1, -0.05) is 18.2 Å². The van der Waals surface area contributed by atoms with E-state index in [4.69, 9.17) is 14.2 Å². The van der Waals surface area contributed by atoms with Crippen LogP contribution in [0.1, 0.15) is 16.7 Å². The van der Waals surface area contributed by atoms with Crippen LogP contribution in [0.5, 0.6) is 17.2 Å². The molecule has 0 bridgehead atoms. The van der Waals surface area contributed by atoms with Crippen LogP contribution in [0.15, 0.2) is 30.3 Å². The monoisotopic (exact) mass is 400 g/mol. The van der Waals surface area contributed by atoms with Crippen LogP contribution in [0.25, 0.3) is 0 Å². The summed E-state index contributed by atoms with van der Waals surface area (Å²) in [4.78, 5) is 26.4. The maximum absolute atomic E-state index is 12.7. The second-order valence-electron chi connectivity index (χ2n) is 6.72. The summed E-state index contributed by atoms with van der Waals surface area (Å²) in [6.45, 7) is 3.88. The predicted octanol–water partition coefficient (Wildman–Crippen LogP) is 2.97. The number of benzene rings is 2. The number of carbonyl (C=O) groups is 2. The Bertz CT molecular complexity index is 895. The molecule has 1 N–H and O–H groups in total. The van der Waals surface area contributed by atoms with Crippen molar-refractivity contribution in [3.63, 3.8) is 0 Å². The molecular weight excluding hydrogens is 372 g/mol. The van der Waals surface area contributed by atoms with E-state index >= 15 is 0 Å². The zero-order valence-electron chi connectivity index (χ0n) is 17.8. The number of rotatable bonds is 8. The molecule has 2 amide bonds. The average Bonchev–Trinajstić information content (AvgIpc) is 2.70. The Morgan fingerprint density at radius 1 is 0.966 bits per heavy atom. The second kappa shape index (κ2) is 9.82. The lowest BCUT2D eigenvalue weighted by atomic mass is 10.1. The van der Waals surface area contributed by atoms with Gasteiger partial charge in [-0.05, 0) is 37.1 Å². The van der Waals surface area contributed by atoms with Gasteiger partial charge in [0.05, 0.1) is 34.3 Å². The van der Waals surface area contributed by atoms with Crippen molar-refractivity contribution in [1.29, 1.82) is 0 Å². The molecule has 0 unspecified atom stereocenters. The highest BCUT2D eigenvalue weighted by Gasteiger charge is 2.20. The van der Waals surface area contributed by atoms with Crippen molar-refractivity contribution in [1.82, 2.24) is 4.90 Å². The van der Waals surface area contributed by atoms with Gasteiger partial charge in [-0.2, -0.15) is 0 Å². The van der Waals surface area contributed by atoms with Gasteiger partial charge in [0.25, 0.3) is 0 Å². The van der Waals surface area contributed by atoms with E-state index in [9.17, 15) is 9.59 Å². The van der Waals surface area contributed by atoms with E-state index in [1.54, 1.807) is 19.2 Å². The van der Waals surface area contributed by atoms with Crippen LogP contribution in [-0.2, 0) is 16.0 Å².